The Balaban J connectivity index is 1.15. The van der Waals surface area contributed by atoms with Crippen molar-refractivity contribution in [2.24, 2.45) is 47.3 Å². The van der Waals surface area contributed by atoms with Gasteiger partial charge in [-0.1, -0.05) is 49.3 Å². The summed E-state index contributed by atoms with van der Waals surface area (Å²) in [6.07, 6.45) is 16.3. The zero-order valence-electron chi connectivity index (χ0n) is 16.3. The second-order valence-corrected chi connectivity index (χ2v) is 9.44. The zero-order valence-corrected chi connectivity index (χ0v) is 16.3. The zero-order chi connectivity index (χ0) is 19.3. The number of hydrogen-bond acceptors (Lipinski definition) is 2. The molecule has 148 valence electrons. The van der Waals surface area contributed by atoms with Crippen LogP contribution in [0.1, 0.15) is 37.7 Å². The molecule has 5 rings (SSSR count). The molecule has 0 heterocycles. The third-order valence-electron chi connectivity index (χ3n) is 8.17. The Bertz CT molecular complexity index is 793. The van der Waals surface area contributed by atoms with E-state index in [0.717, 1.165) is 24.2 Å². The van der Waals surface area contributed by atoms with Crippen LogP contribution in [0.3, 0.4) is 0 Å². The van der Waals surface area contributed by atoms with E-state index in [9.17, 15) is 15.0 Å². The van der Waals surface area contributed by atoms with Crippen molar-refractivity contribution in [3.63, 3.8) is 0 Å². The lowest BCUT2D eigenvalue weighted by Crippen LogP contribution is -2.50. The van der Waals surface area contributed by atoms with Gasteiger partial charge in [0.2, 0.25) is 0 Å². The third-order valence-corrected chi connectivity index (χ3v) is 8.17. The molecule has 8 atom stereocenters. The molecule has 0 amide bonds. The van der Waals surface area contributed by atoms with E-state index in [-0.39, 0.29) is 11.8 Å². The predicted molar refractivity (Wildman–Crippen MR) is 109 cm³/mol. The Morgan fingerprint density at radius 2 is 1.71 bits per heavy atom. The second kappa shape index (κ2) is 7.09. The number of aliphatic carboxylic acids is 1. The number of aromatic hydroxyl groups is 1. The quantitative estimate of drug-likeness (QED) is 0.515. The predicted octanol–water partition coefficient (Wildman–Crippen LogP) is 5.07. The number of allylic oxidation sites excluding steroid dienone is 3. The van der Waals surface area contributed by atoms with Gasteiger partial charge in [0.1, 0.15) is 5.75 Å². The Labute approximate surface area is 167 Å². The number of phenolic OH excluding ortho intramolecular Hbond substituents is 1. The first-order chi connectivity index (χ1) is 13.6. The van der Waals surface area contributed by atoms with Crippen LogP contribution in [-0.4, -0.2) is 16.2 Å². The molecule has 0 spiro atoms. The van der Waals surface area contributed by atoms with Gasteiger partial charge in [0.15, 0.2) is 0 Å². The topological polar surface area (TPSA) is 57.5 Å². The first kappa shape index (κ1) is 18.0. The molecule has 0 aliphatic heterocycles. The molecule has 1 aromatic carbocycles. The Morgan fingerprint density at radius 1 is 0.929 bits per heavy atom. The van der Waals surface area contributed by atoms with Crippen LogP contribution in [0.2, 0.25) is 0 Å². The number of benzene rings is 1. The van der Waals surface area contributed by atoms with E-state index < -0.39 is 5.97 Å². The minimum absolute atomic E-state index is 0.227. The minimum Gasteiger partial charge on any atom is -0.508 e. The molecule has 0 unspecified atom stereocenters. The average molecular weight is 379 g/mol. The van der Waals surface area contributed by atoms with Gasteiger partial charge in [-0.25, -0.2) is 0 Å². The maximum Gasteiger partial charge on any atom is 0.310 e. The number of rotatable bonds is 7. The molecule has 0 radical (unpaired) electrons. The van der Waals surface area contributed by atoms with E-state index in [0.29, 0.717) is 23.5 Å². The Kier molecular flexibility index (Phi) is 4.57. The first-order valence-electron chi connectivity index (χ1n) is 11.0. The second-order valence-electron chi connectivity index (χ2n) is 9.44. The molecule has 1 aromatic rings. The van der Waals surface area contributed by atoms with Crippen LogP contribution in [0, 0.1) is 47.3 Å². The molecule has 0 bridgehead atoms. The SMILES string of the molecule is O=C(O)[C@@H]1C=C[C@@H]2C[C@H]3[C@H](CCCCCc4ccc(O)cc4)[C@H]4C=C[C@@H]1[C@@H]2[C@H]43. The van der Waals surface area contributed by atoms with Crippen LogP contribution in [0.5, 0.6) is 5.75 Å². The van der Waals surface area contributed by atoms with Crippen LogP contribution in [-0.2, 0) is 11.2 Å². The molecule has 3 nitrogen and oxygen atoms in total. The van der Waals surface area contributed by atoms with Crippen LogP contribution < -0.4 is 0 Å². The fourth-order valence-corrected chi connectivity index (χ4v) is 6.98. The molecule has 0 aromatic heterocycles. The first-order valence-corrected chi connectivity index (χ1v) is 11.0. The minimum atomic E-state index is -0.657. The lowest BCUT2D eigenvalue weighted by molar-refractivity contribution is -0.143. The van der Waals surface area contributed by atoms with Gasteiger partial charge in [0.25, 0.3) is 0 Å². The van der Waals surface area contributed by atoms with Crippen molar-refractivity contribution >= 4 is 5.97 Å². The van der Waals surface area contributed by atoms with Crippen molar-refractivity contribution in [1.82, 2.24) is 0 Å². The van der Waals surface area contributed by atoms with Gasteiger partial charge < -0.3 is 10.2 Å². The van der Waals surface area contributed by atoms with Crippen LogP contribution in [0.25, 0.3) is 0 Å². The van der Waals surface area contributed by atoms with Gasteiger partial charge in [-0.15, -0.1) is 0 Å². The van der Waals surface area contributed by atoms with E-state index in [1.807, 2.05) is 18.2 Å². The highest BCUT2D eigenvalue weighted by Crippen LogP contribution is 2.67. The lowest BCUT2D eigenvalue weighted by Gasteiger charge is -2.54. The van der Waals surface area contributed by atoms with E-state index in [2.05, 4.69) is 18.2 Å². The summed E-state index contributed by atoms with van der Waals surface area (Å²) < 4.78 is 0. The average Bonchev–Trinajstić information content (AvgIpc) is 3.03. The summed E-state index contributed by atoms with van der Waals surface area (Å²) in [7, 11) is 0. The van der Waals surface area contributed by atoms with E-state index >= 15 is 0 Å². The fraction of sp³-hybridized carbons (Fsp3) is 0.560. The number of carboxylic acid groups (broad SMARTS) is 1. The van der Waals surface area contributed by atoms with Crippen molar-refractivity contribution in [2.45, 2.75) is 38.5 Å². The smallest absolute Gasteiger partial charge is 0.310 e. The standard InChI is InChI=1S/C25H30O3/c26-17-9-6-15(7-10-17)4-2-1-3-5-18-19-12-13-20-21(25(27)28)11-8-16-14-22(18)24(19)23(16)20/h6-13,16,18-24,26H,1-5,14H2,(H,27,28)/t16-,18-,19-,20+,21-,22+,23-,24-/m1/s1. The van der Waals surface area contributed by atoms with Crippen molar-refractivity contribution in [1.29, 1.82) is 0 Å². The number of aryl methyl sites for hydroxylation is 1. The Hall–Kier alpha value is -2.03. The summed E-state index contributed by atoms with van der Waals surface area (Å²) in [5, 5.41) is 18.9. The number of phenols is 1. The summed E-state index contributed by atoms with van der Waals surface area (Å²) in [6, 6.07) is 7.59. The normalized spacial score (nSPS) is 39.4. The highest BCUT2D eigenvalue weighted by atomic mass is 16.4. The Morgan fingerprint density at radius 3 is 2.50 bits per heavy atom. The van der Waals surface area contributed by atoms with Crippen LogP contribution in [0.4, 0.5) is 0 Å². The van der Waals surface area contributed by atoms with Gasteiger partial charge >= 0.3 is 5.97 Å². The largest absolute Gasteiger partial charge is 0.508 e. The highest BCUT2D eigenvalue weighted by Gasteiger charge is 2.62. The maximum atomic E-state index is 11.6. The summed E-state index contributed by atoms with van der Waals surface area (Å²) in [4.78, 5) is 11.6. The van der Waals surface area contributed by atoms with E-state index in [4.69, 9.17) is 0 Å². The summed E-state index contributed by atoms with van der Waals surface area (Å²) in [5.41, 5.74) is 1.31. The molecule has 2 N–H and O–H groups in total. The summed E-state index contributed by atoms with van der Waals surface area (Å²) in [5.74, 6) is 3.88. The van der Waals surface area contributed by atoms with Crippen molar-refractivity contribution in [3.8, 4) is 5.75 Å². The fourth-order valence-electron chi connectivity index (χ4n) is 6.98. The molecule has 0 saturated heterocycles. The van der Waals surface area contributed by atoms with E-state index in [1.165, 1.54) is 37.7 Å². The van der Waals surface area contributed by atoms with Crippen LogP contribution >= 0.6 is 0 Å². The van der Waals surface area contributed by atoms with Gasteiger partial charge in [0.05, 0.1) is 5.92 Å². The maximum absolute atomic E-state index is 11.6. The number of hydrogen-bond donors (Lipinski definition) is 2. The molecular weight excluding hydrogens is 348 g/mol. The molecule has 2 saturated carbocycles. The van der Waals surface area contributed by atoms with Gasteiger partial charge in [0, 0.05) is 0 Å². The lowest BCUT2D eigenvalue weighted by atomic mass is 9.50. The van der Waals surface area contributed by atoms with Crippen molar-refractivity contribution in [2.75, 3.05) is 0 Å². The van der Waals surface area contributed by atoms with E-state index in [1.54, 1.807) is 12.1 Å². The van der Waals surface area contributed by atoms with Gasteiger partial charge in [-0.3, -0.25) is 4.79 Å². The van der Waals surface area contributed by atoms with Crippen molar-refractivity contribution in [3.05, 3.63) is 54.1 Å². The third kappa shape index (κ3) is 2.91. The molecule has 4 aliphatic rings. The van der Waals surface area contributed by atoms with Crippen LogP contribution in [0.15, 0.2) is 48.6 Å². The number of carbonyl (C=O) groups is 1. The number of unbranched alkanes of at least 4 members (excludes halogenated alkanes) is 2. The molecule has 3 heteroatoms. The molecular formula is C25H30O3. The molecule has 28 heavy (non-hydrogen) atoms. The highest BCUT2D eigenvalue weighted by molar-refractivity contribution is 5.73. The van der Waals surface area contributed by atoms with Gasteiger partial charge in [-0.05, 0) is 84.8 Å². The molecule has 2 fully saturated rings. The molecule has 4 aliphatic carbocycles. The van der Waals surface area contributed by atoms with Gasteiger partial charge in [-0.2, -0.15) is 0 Å². The summed E-state index contributed by atoms with van der Waals surface area (Å²) >= 11 is 0. The number of carboxylic acids is 1. The monoisotopic (exact) mass is 378 g/mol. The summed E-state index contributed by atoms with van der Waals surface area (Å²) in [6.45, 7) is 0. The van der Waals surface area contributed by atoms with Crippen molar-refractivity contribution < 1.29 is 15.0 Å².